The van der Waals surface area contributed by atoms with E-state index < -0.39 is 0 Å². The molecule has 0 saturated carbocycles. The van der Waals surface area contributed by atoms with Gasteiger partial charge in [-0.3, -0.25) is 5.41 Å². The van der Waals surface area contributed by atoms with Crippen LogP contribution < -0.4 is 10.6 Å². The maximum absolute atomic E-state index is 7.14. The number of aromatic nitrogens is 3. The quantitative estimate of drug-likeness (QED) is 0.522. The first-order valence-corrected chi connectivity index (χ1v) is 9.60. The summed E-state index contributed by atoms with van der Waals surface area (Å²) in [6.07, 6.45) is 4.64. The molecule has 1 aromatic carbocycles. The number of rotatable bonds is 4. The molecular formula is C20H22ClN7. The zero-order valence-electron chi connectivity index (χ0n) is 15.6. The summed E-state index contributed by atoms with van der Waals surface area (Å²) < 4.78 is 2.05. The van der Waals surface area contributed by atoms with Crippen molar-refractivity contribution < 1.29 is 0 Å². The minimum Gasteiger partial charge on any atom is -0.387 e. The fraction of sp³-hybridized carbons (Fsp3) is 0.300. The summed E-state index contributed by atoms with van der Waals surface area (Å²) in [5, 5.41) is 7.71. The molecule has 3 heterocycles. The van der Waals surface area contributed by atoms with Gasteiger partial charge >= 0.3 is 0 Å². The summed E-state index contributed by atoms with van der Waals surface area (Å²) >= 11 is 6.49. The van der Waals surface area contributed by atoms with E-state index in [4.69, 9.17) is 27.7 Å². The second-order valence-electron chi connectivity index (χ2n) is 6.97. The van der Waals surface area contributed by atoms with Crippen LogP contribution in [0.15, 0.2) is 41.5 Å². The van der Waals surface area contributed by atoms with Gasteiger partial charge in [0, 0.05) is 37.8 Å². The number of aliphatic imine (C=N–C) groups is 1. The summed E-state index contributed by atoms with van der Waals surface area (Å²) in [6.45, 7) is 1.62. The van der Waals surface area contributed by atoms with Crippen molar-refractivity contribution in [2.45, 2.75) is 12.8 Å². The molecule has 7 nitrogen and oxygen atoms in total. The molecule has 3 N–H and O–H groups in total. The Bertz CT molecular complexity index is 1060. The van der Waals surface area contributed by atoms with Gasteiger partial charge in [0.05, 0.1) is 16.1 Å². The molecule has 1 aliphatic rings. The normalized spacial score (nSPS) is 17.9. The lowest BCUT2D eigenvalue weighted by Gasteiger charge is -2.33. The first-order valence-electron chi connectivity index (χ1n) is 9.23. The molecule has 0 amide bonds. The number of nitrogens with two attached hydrogens (primary N) is 1. The number of imidazole rings is 1. The smallest absolute Gasteiger partial charge is 0.142 e. The van der Waals surface area contributed by atoms with Gasteiger partial charge in [-0.05, 0) is 31.0 Å². The van der Waals surface area contributed by atoms with E-state index in [0.717, 1.165) is 60.5 Å². The maximum Gasteiger partial charge on any atom is 0.142 e. The van der Waals surface area contributed by atoms with Gasteiger partial charge < -0.3 is 15.2 Å². The largest absolute Gasteiger partial charge is 0.387 e. The molecule has 0 spiro atoms. The number of para-hydroxylation sites is 2. The number of hydrogen-bond donors (Lipinski definition) is 2. The number of amidine groups is 1. The van der Waals surface area contributed by atoms with Crippen LogP contribution in [0.1, 0.15) is 12.8 Å². The summed E-state index contributed by atoms with van der Waals surface area (Å²) in [7, 11) is 1.99. The number of halogens is 1. The van der Waals surface area contributed by atoms with E-state index >= 15 is 0 Å². The lowest BCUT2D eigenvalue weighted by molar-refractivity contribution is 0.502. The number of aryl methyl sites for hydroxylation is 1. The summed E-state index contributed by atoms with van der Waals surface area (Å²) in [5.74, 6) is 2.28. The molecule has 4 rings (SSSR count). The number of benzene rings is 1. The minimum absolute atomic E-state index is 0.118. The summed E-state index contributed by atoms with van der Waals surface area (Å²) in [4.78, 5) is 15.5. The number of fused-ring (bicyclic) bond motifs is 1. The Balaban J connectivity index is 1.70. The van der Waals surface area contributed by atoms with Gasteiger partial charge in [-0.25, -0.2) is 15.0 Å². The third-order valence-electron chi connectivity index (χ3n) is 5.25. The van der Waals surface area contributed by atoms with Crippen LogP contribution in [0.2, 0.25) is 5.02 Å². The molecule has 2 aromatic heterocycles. The van der Waals surface area contributed by atoms with Crippen molar-refractivity contribution in [3.8, 4) is 11.4 Å². The molecule has 3 aromatic rings. The SMILES string of the molecule is Cn1c(-c2cc(N3CCCC(C(N)=NC=N)C3)ncc2Cl)nc2ccccc21. The van der Waals surface area contributed by atoms with E-state index in [1.54, 1.807) is 6.20 Å². The van der Waals surface area contributed by atoms with Gasteiger partial charge in [0.2, 0.25) is 0 Å². The fourth-order valence-corrected chi connectivity index (χ4v) is 3.95. The van der Waals surface area contributed by atoms with E-state index in [9.17, 15) is 0 Å². The molecular weight excluding hydrogens is 374 g/mol. The number of pyridine rings is 1. The molecule has 8 heteroatoms. The fourth-order valence-electron chi connectivity index (χ4n) is 3.76. The molecule has 28 heavy (non-hydrogen) atoms. The molecule has 144 valence electrons. The lowest BCUT2D eigenvalue weighted by Crippen LogP contribution is -2.41. The Kier molecular flexibility index (Phi) is 5.00. The Hall–Kier alpha value is -2.93. The van der Waals surface area contributed by atoms with Gasteiger partial charge in [-0.2, -0.15) is 0 Å². The highest BCUT2D eigenvalue weighted by atomic mass is 35.5. The third-order valence-corrected chi connectivity index (χ3v) is 5.55. The van der Waals surface area contributed by atoms with Crippen LogP contribution in [0.25, 0.3) is 22.4 Å². The number of hydrogen-bond acceptors (Lipinski definition) is 4. The molecule has 1 fully saturated rings. The molecule has 1 saturated heterocycles. The van der Waals surface area contributed by atoms with Gasteiger partial charge in [-0.15, -0.1) is 0 Å². The van der Waals surface area contributed by atoms with E-state index in [1.807, 2.05) is 41.9 Å². The highest BCUT2D eigenvalue weighted by Gasteiger charge is 2.24. The van der Waals surface area contributed by atoms with Crippen LogP contribution in [0, 0.1) is 11.3 Å². The van der Waals surface area contributed by atoms with Crippen molar-refractivity contribution in [3.05, 3.63) is 41.6 Å². The Labute approximate surface area is 168 Å². The standard InChI is InChI=1S/C20H22ClN7/c1-27-17-7-3-2-6-16(17)26-20(27)14-9-18(24-10-15(14)21)28-8-4-5-13(11-28)19(23)25-12-22/h2-3,6-7,9-10,12-13H,4-5,8,11H2,1H3,(H3,22,23,25). The van der Waals surface area contributed by atoms with Crippen molar-refractivity contribution in [3.63, 3.8) is 0 Å². The van der Waals surface area contributed by atoms with Gasteiger partial charge in [-0.1, -0.05) is 23.7 Å². The Morgan fingerprint density at radius 3 is 3.00 bits per heavy atom. The van der Waals surface area contributed by atoms with E-state index in [0.29, 0.717) is 10.9 Å². The average molecular weight is 396 g/mol. The zero-order valence-corrected chi connectivity index (χ0v) is 16.4. The predicted molar refractivity (Wildman–Crippen MR) is 114 cm³/mol. The van der Waals surface area contributed by atoms with Gasteiger partial charge in [0.1, 0.15) is 23.8 Å². The van der Waals surface area contributed by atoms with Crippen LogP contribution in [0.5, 0.6) is 0 Å². The topological polar surface area (TPSA) is 96.2 Å². The van der Waals surface area contributed by atoms with Gasteiger partial charge in [0.15, 0.2) is 0 Å². The first-order chi connectivity index (χ1) is 13.6. The molecule has 1 atom stereocenters. The van der Waals surface area contributed by atoms with Gasteiger partial charge in [0.25, 0.3) is 0 Å². The van der Waals surface area contributed by atoms with Crippen LogP contribution >= 0.6 is 11.6 Å². The summed E-state index contributed by atoms with van der Waals surface area (Å²) in [5.41, 5.74) is 8.87. The molecule has 1 unspecified atom stereocenters. The third kappa shape index (κ3) is 3.33. The highest BCUT2D eigenvalue weighted by molar-refractivity contribution is 6.33. The van der Waals surface area contributed by atoms with E-state index in [1.165, 1.54) is 0 Å². The van der Waals surface area contributed by atoms with Crippen LogP contribution in [0.4, 0.5) is 5.82 Å². The monoisotopic (exact) mass is 395 g/mol. The molecule has 1 aliphatic heterocycles. The first kappa shape index (κ1) is 18.4. The van der Waals surface area contributed by atoms with E-state index in [2.05, 4.69) is 14.9 Å². The van der Waals surface area contributed by atoms with Crippen molar-refractivity contribution in [1.29, 1.82) is 5.41 Å². The molecule has 0 bridgehead atoms. The Morgan fingerprint density at radius 2 is 2.21 bits per heavy atom. The molecule has 0 radical (unpaired) electrons. The number of nitrogens with zero attached hydrogens (tertiary/aromatic N) is 5. The van der Waals surface area contributed by atoms with E-state index in [-0.39, 0.29) is 5.92 Å². The van der Waals surface area contributed by atoms with Crippen molar-refractivity contribution in [1.82, 2.24) is 14.5 Å². The van der Waals surface area contributed by atoms with Crippen LogP contribution in [-0.4, -0.2) is 39.8 Å². The zero-order chi connectivity index (χ0) is 19.7. The lowest BCUT2D eigenvalue weighted by atomic mass is 9.97. The van der Waals surface area contributed by atoms with Crippen molar-refractivity contribution >= 4 is 40.6 Å². The minimum atomic E-state index is 0.118. The molecule has 0 aliphatic carbocycles. The number of anilines is 1. The Morgan fingerprint density at radius 1 is 1.39 bits per heavy atom. The second kappa shape index (κ2) is 7.59. The average Bonchev–Trinajstić information content (AvgIpc) is 3.05. The van der Waals surface area contributed by atoms with Crippen LogP contribution in [0.3, 0.4) is 0 Å². The highest BCUT2D eigenvalue weighted by Crippen LogP contribution is 2.32. The number of piperidine rings is 1. The summed E-state index contributed by atoms with van der Waals surface area (Å²) in [6, 6.07) is 10.0. The van der Waals surface area contributed by atoms with Crippen LogP contribution in [-0.2, 0) is 7.05 Å². The second-order valence-corrected chi connectivity index (χ2v) is 7.38. The van der Waals surface area contributed by atoms with Crippen molar-refractivity contribution in [2.75, 3.05) is 18.0 Å². The maximum atomic E-state index is 7.14. The number of nitrogens with one attached hydrogen (secondary N) is 1. The predicted octanol–water partition coefficient (Wildman–Crippen LogP) is 3.47. The van der Waals surface area contributed by atoms with Crippen molar-refractivity contribution in [2.24, 2.45) is 23.7 Å².